The second-order valence-corrected chi connectivity index (χ2v) is 9.85. The van der Waals surface area contributed by atoms with E-state index in [0.29, 0.717) is 5.92 Å². The van der Waals surface area contributed by atoms with Gasteiger partial charge in [0.05, 0.1) is 0 Å². The van der Waals surface area contributed by atoms with Crippen molar-refractivity contribution in [3.63, 3.8) is 0 Å². The van der Waals surface area contributed by atoms with Crippen LogP contribution < -0.4 is 0 Å². The largest absolute Gasteiger partial charge is 0.142 e. The van der Waals surface area contributed by atoms with Gasteiger partial charge >= 0.3 is 0 Å². The molecule has 0 aliphatic heterocycles. The summed E-state index contributed by atoms with van der Waals surface area (Å²) in [6.07, 6.45) is 5.19. The molecule has 1 radical (unpaired) electrons. The monoisotopic (exact) mass is 552 g/mol. The van der Waals surface area contributed by atoms with Crippen LogP contribution in [-0.4, -0.2) is 0 Å². The van der Waals surface area contributed by atoms with E-state index in [9.17, 15) is 0 Å². The van der Waals surface area contributed by atoms with E-state index in [1.165, 1.54) is 53.5 Å². The molecular formula is C34H55Y-. The van der Waals surface area contributed by atoms with Gasteiger partial charge in [-0.1, -0.05) is 98.1 Å². The van der Waals surface area contributed by atoms with Gasteiger partial charge in [-0.25, -0.2) is 0 Å². The molecular weight excluding hydrogens is 497 g/mol. The molecule has 0 unspecified atom stereocenters. The van der Waals surface area contributed by atoms with Gasteiger partial charge in [0.2, 0.25) is 0 Å². The summed E-state index contributed by atoms with van der Waals surface area (Å²) in [4.78, 5) is 0. The van der Waals surface area contributed by atoms with Crippen LogP contribution >= 0.6 is 0 Å². The SMILES string of the molecule is C=C(C)/C(=C(/C)C1(C)CCC(C)CC1)c1[c-]cc(C#CC)cc1C.C=C(C)C(C)C.CC.CC.[Y]. The first kappa shape index (κ1) is 38.6. The van der Waals surface area contributed by atoms with E-state index in [4.69, 9.17) is 0 Å². The number of hydrogen-bond acceptors (Lipinski definition) is 0. The fourth-order valence-electron chi connectivity index (χ4n) is 3.89. The standard InChI is InChI=1S/C24H31.C6H12.2C2H6.Y/c1-8-9-21-10-11-22(19(5)16-21)23(17(2)3)20(6)24(7)14-12-18(4)13-15-24;1-5(2)6(3)4;2*1-2;/h10,16,18H,2,12-15H2,1,3-7H3;6H,1H2,2-4H3;2*1-2H3;/q-1;;;;/b23-20+;;;;. The zero-order chi connectivity index (χ0) is 27.1. The van der Waals surface area contributed by atoms with E-state index in [-0.39, 0.29) is 38.1 Å². The summed E-state index contributed by atoms with van der Waals surface area (Å²) < 4.78 is 0. The summed E-state index contributed by atoms with van der Waals surface area (Å²) in [5, 5.41) is 0. The third kappa shape index (κ3) is 13.3. The molecule has 0 aromatic heterocycles. The van der Waals surface area contributed by atoms with Crippen molar-refractivity contribution < 1.29 is 32.7 Å². The average molecular weight is 553 g/mol. The van der Waals surface area contributed by atoms with E-state index < -0.39 is 0 Å². The van der Waals surface area contributed by atoms with Crippen LogP contribution in [0.25, 0.3) is 5.57 Å². The molecule has 1 heteroatoms. The molecule has 0 saturated heterocycles. The van der Waals surface area contributed by atoms with Gasteiger partial charge in [-0.15, -0.1) is 53.3 Å². The third-order valence-corrected chi connectivity index (χ3v) is 6.73. The summed E-state index contributed by atoms with van der Waals surface area (Å²) >= 11 is 0. The van der Waals surface area contributed by atoms with Gasteiger partial charge in [-0.3, -0.25) is 0 Å². The molecule has 0 nitrogen and oxygen atoms in total. The van der Waals surface area contributed by atoms with Crippen molar-refractivity contribution in [3.8, 4) is 11.8 Å². The first-order valence-corrected chi connectivity index (χ1v) is 13.4. The van der Waals surface area contributed by atoms with Crippen molar-refractivity contribution in [3.05, 3.63) is 64.8 Å². The molecule has 0 heterocycles. The van der Waals surface area contributed by atoms with Crippen LogP contribution in [0.2, 0.25) is 0 Å². The first-order valence-electron chi connectivity index (χ1n) is 13.4. The molecule has 1 aromatic carbocycles. The number of rotatable bonds is 4. The van der Waals surface area contributed by atoms with E-state index >= 15 is 0 Å². The number of aryl methyl sites for hydroxylation is 1. The molecule has 1 aliphatic rings. The predicted octanol–water partition coefficient (Wildman–Crippen LogP) is 11.0. The number of hydrogen-bond donors (Lipinski definition) is 0. The van der Waals surface area contributed by atoms with E-state index in [0.717, 1.165) is 17.1 Å². The molecule has 195 valence electrons. The van der Waals surface area contributed by atoms with Gasteiger partial charge in [-0.05, 0) is 63.7 Å². The number of benzene rings is 1. The molecule has 0 amide bonds. The summed E-state index contributed by atoms with van der Waals surface area (Å²) in [6.45, 7) is 35.7. The molecule has 1 aromatic rings. The maximum absolute atomic E-state index is 4.29. The zero-order valence-corrected chi connectivity index (χ0v) is 28.5. The predicted molar refractivity (Wildman–Crippen MR) is 158 cm³/mol. The summed E-state index contributed by atoms with van der Waals surface area (Å²) in [5.41, 5.74) is 8.94. The summed E-state index contributed by atoms with van der Waals surface area (Å²) in [5.74, 6) is 7.61. The molecule has 1 aliphatic carbocycles. The van der Waals surface area contributed by atoms with Gasteiger partial charge in [0.25, 0.3) is 0 Å². The quantitative estimate of drug-likeness (QED) is 0.151. The second-order valence-electron chi connectivity index (χ2n) is 9.85. The average Bonchev–Trinajstić information content (AvgIpc) is 2.80. The van der Waals surface area contributed by atoms with Crippen LogP contribution in [0.4, 0.5) is 0 Å². The second kappa shape index (κ2) is 20.2. The Balaban J connectivity index is -0.000000802. The molecule has 1 fully saturated rings. The van der Waals surface area contributed by atoms with E-state index in [1.807, 2.05) is 47.6 Å². The molecule has 2 rings (SSSR count). The Morgan fingerprint density at radius 1 is 1.06 bits per heavy atom. The van der Waals surface area contributed by atoms with Gasteiger partial charge in [0.15, 0.2) is 0 Å². The number of allylic oxidation sites excluding steroid dienone is 4. The van der Waals surface area contributed by atoms with Gasteiger partial charge in [0, 0.05) is 32.7 Å². The van der Waals surface area contributed by atoms with Crippen LogP contribution in [0.1, 0.15) is 125 Å². The van der Waals surface area contributed by atoms with Crippen molar-refractivity contribution >= 4 is 5.57 Å². The molecule has 0 spiro atoms. The minimum atomic E-state index is 0. The first-order chi connectivity index (χ1) is 15.9. The fourth-order valence-corrected chi connectivity index (χ4v) is 3.89. The summed E-state index contributed by atoms with van der Waals surface area (Å²) in [7, 11) is 0. The van der Waals surface area contributed by atoms with Crippen LogP contribution in [0.5, 0.6) is 0 Å². The van der Waals surface area contributed by atoms with Crippen LogP contribution in [0.15, 0.2) is 42.0 Å². The molecule has 35 heavy (non-hydrogen) atoms. The topological polar surface area (TPSA) is 0 Å². The Morgan fingerprint density at radius 2 is 1.51 bits per heavy atom. The minimum Gasteiger partial charge on any atom is -0.142 e. The van der Waals surface area contributed by atoms with Gasteiger partial charge < -0.3 is 0 Å². The van der Waals surface area contributed by atoms with Crippen molar-refractivity contribution in [1.29, 1.82) is 0 Å². The van der Waals surface area contributed by atoms with Gasteiger partial charge in [-0.2, -0.15) is 0 Å². The maximum Gasteiger partial charge on any atom is 0 e. The van der Waals surface area contributed by atoms with Crippen molar-refractivity contribution in [1.82, 2.24) is 0 Å². The Labute approximate surface area is 246 Å². The molecule has 0 bridgehead atoms. The van der Waals surface area contributed by atoms with Crippen molar-refractivity contribution in [2.24, 2.45) is 17.3 Å². The van der Waals surface area contributed by atoms with Gasteiger partial charge in [0.1, 0.15) is 0 Å². The van der Waals surface area contributed by atoms with Crippen molar-refractivity contribution in [2.45, 2.75) is 116 Å². The zero-order valence-electron chi connectivity index (χ0n) is 25.6. The Kier molecular flexibility index (Phi) is 22.3. The Bertz CT molecular complexity index is 846. The van der Waals surface area contributed by atoms with E-state index in [1.54, 1.807) is 0 Å². The molecule has 0 N–H and O–H groups in total. The molecule has 0 atom stereocenters. The normalized spacial score (nSPS) is 18.9. The Hall–Kier alpha value is -0.896. The van der Waals surface area contributed by atoms with Crippen molar-refractivity contribution in [2.75, 3.05) is 0 Å². The van der Waals surface area contributed by atoms with Crippen LogP contribution in [-0.2, 0) is 32.7 Å². The minimum absolute atomic E-state index is 0. The third-order valence-electron chi connectivity index (χ3n) is 6.73. The maximum atomic E-state index is 4.29. The van der Waals surface area contributed by atoms with Crippen LogP contribution in [0, 0.1) is 42.1 Å². The van der Waals surface area contributed by atoms with Crippen LogP contribution in [0.3, 0.4) is 0 Å². The van der Waals surface area contributed by atoms with E-state index in [2.05, 4.69) is 85.6 Å². The fraction of sp³-hybridized carbons (Fsp3) is 0.588. The summed E-state index contributed by atoms with van der Waals surface area (Å²) in [6, 6.07) is 7.68. The smallest absolute Gasteiger partial charge is 0 e. The Morgan fingerprint density at radius 3 is 1.86 bits per heavy atom. The molecule has 1 saturated carbocycles.